The summed E-state index contributed by atoms with van der Waals surface area (Å²) in [6.07, 6.45) is 2.34. The Morgan fingerprint density at radius 3 is 2.65 bits per heavy atom. The number of nitro groups is 1. The van der Waals surface area contributed by atoms with Gasteiger partial charge in [-0.3, -0.25) is 14.9 Å². The molecule has 1 atom stereocenters. The van der Waals surface area contributed by atoms with E-state index in [9.17, 15) is 14.9 Å². The molecule has 23 heavy (non-hydrogen) atoms. The fourth-order valence-corrected chi connectivity index (χ4v) is 2.27. The Labute approximate surface area is 133 Å². The van der Waals surface area contributed by atoms with Crippen molar-refractivity contribution in [3.05, 3.63) is 64.3 Å². The van der Waals surface area contributed by atoms with E-state index in [1.54, 1.807) is 0 Å². The zero-order chi connectivity index (χ0) is 16.7. The Balaban J connectivity index is 2.17. The Morgan fingerprint density at radius 2 is 2.00 bits per heavy atom. The van der Waals surface area contributed by atoms with Crippen molar-refractivity contribution in [3.8, 4) is 0 Å². The van der Waals surface area contributed by atoms with Crippen LogP contribution in [0.25, 0.3) is 0 Å². The Morgan fingerprint density at radius 1 is 1.26 bits per heavy atom. The van der Waals surface area contributed by atoms with Crippen LogP contribution in [0.3, 0.4) is 0 Å². The number of aliphatic carboxylic acids is 1. The number of carboxylic acids is 1. The third-order valence-corrected chi connectivity index (χ3v) is 3.36. The van der Waals surface area contributed by atoms with Crippen LogP contribution < -0.4 is 5.32 Å². The molecule has 7 nitrogen and oxygen atoms in total. The average molecular weight is 315 g/mol. The highest BCUT2D eigenvalue weighted by atomic mass is 16.6. The smallest absolute Gasteiger partial charge is 0.311 e. The summed E-state index contributed by atoms with van der Waals surface area (Å²) in [6.45, 7) is 0. The molecule has 2 N–H and O–H groups in total. The van der Waals surface area contributed by atoms with Crippen molar-refractivity contribution in [2.24, 2.45) is 0 Å². The molecule has 0 saturated heterocycles. The molecular formula is C16H17N3O4. The Kier molecular flexibility index (Phi) is 5.62. The standard InChI is InChI=1S/C16H17N3O4/c20-15(21)9-8-13(11-12-5-2-1-3-6-12)18-16-14(19(22)23)7-4-10-17-16/h1-7,10,13H,8-9,11H2,(H,17,18)(H,20,21). The molecule has 0 aliphatic heterocycles. The minimum Gasteiger partial charge on any atom is -0.481 e. The number of anilines is 1. The van der Waals surface area contributed by atoms with Gasteiger partial charge in [-0.15, -0.1) is 0 Å². The van der Waals surface area contributed by atoms with Gasteiger partial charge in [0.25, 0.3) is 0 Å². The molecule has 7 heteroatoms. The Hall–Kier alpha value is -2.96. The second-order valence-corrected chi connectivity index (χ2v) is 5.09. The summed E-state index contributed by atoms with van der Waals surface area (Å²) in [6, 6.07) is 12.2. The second-order valence-electron chi connectivity index (χ2n) is 5.09. The highest BCUT2D eigenvalue weighted by Gasteiger charge is 2.19. The number of hydrogen-bond donors (Lipinski definition) is 2. The van der Waals surface area contributed by atoms with Crippen LogP contribution in [0, 0.1) is 10.1 Å². The van der Waals surface area contributed by atoms with Crippen LogP contribution in [0.15, 0.2) is 48.7 Å². The molecule has 2 aromatic rings. The fraction of sp³-hybridized carbons (Fsp3) is 0.250. The highest BCUT2D eigenvalue weighted by molar-refractivity contribution is 5.66. The van der Waals surface area contributed by atoms with Crippen LogP contribution in [0.5, 0.6) is 0 Å². The van der Waals surface area contributed by atoms with Gasteiger partial charge in [-0.25, -0.2) is 4.98 Å². The zero-order valence-corrected chi connectivity index (χ0v) is 12.4. The lowest BCUT2D eigenvalue weighted by Crippen LogP contribution is -2.24. The van der Waals surface area contributed by atoms with Crippen molar-refractivity contribution >= 4 is 17.5 Å². The van der Waals surface area contributed by atoms with Crippen LogP contribution in [0.4, 0.5) is 11.5 Å². The topological polar surface area (TPSA) is 105 Å². The molecule has 0 bridgehead atoms. The number of carbonyl (C=O) groups is 1. The zero-order valence-electron chi connectivity index (χ0n) is 12.4. The molecular weight excluding hydrogens is 298 g/mol. The van der Waals surface area contributed by atoms with Gasteiger partial charge in [-0.05, 0) is 24.5 Å². The number of nitrogens with one attached hydrogen (secondary N) is 1. The van der Waals surface area contributed by atoms with Gasteiger partial charge in [0.05, 0.1) is 4.92 Å². The summed E-state index contributed by atoms with van der Waals surface area (Å²) in [5.41, 5.74) is 0.898. The summed E-state index contributed by atoms with van der Waals surface area (Å²) in [4.78, 5) is 25.4. The van der Waals surface area contributed by atoms with Crippen LogP contribution in [0.2, 0.25) is 0 Å². The van der Waals surface area contributed by atoms with Gasteiger partial charge in [0.15, 0.2) is 0 Å². The van der Waals surface area contributed by atoms with E-state index in [2.05, 4.69) is 10.3 Å². The normalized spacial score (nSPS) is 11.7. The van der Waals surface area contributed by atoms with Crippen LogP contribution in [-0.4, -0.2) is 27.0 Å². The first kappa shape index (κ1) is 16.4. The first-order valence-electron chi connectivity index (χ1n) is 7.18. The summed E-state index contributed by atoms with van der Waals surface area (Å²) in [5, 5.41) is 23.0. The van der Waals surface area contributed by atoms with Gasteiger partial charge < -0.3 is 10.4 Å². The van der Waals surface area contributed by atoms with Crippen LogP contribution >= 0.6 is 0 Å². The van der Waals surface area contributed by atoms with Crippen molar-refractivity contribution in [1.82, 2.24) is 4.98 Å². The quantitative estimate of drug-likeness (QED) is 0.573. The maximum Gasteiger partial charge on any atom is 0.311 e. The second kappa shape index (κ2) is 7.88. The van der Waals surface area contributed by atoms with Crippen molar-refractivity contribution in [2.45, 2.75) is 25.3 Å². The number of benzene rings is 1. The molecule has 120 valence electrons. The van der Waals surface area contributed by atoms with Crippen molar-refractivity contribution in [3.63, 3.8) is 0 Å². The van der Waals surface area contributed by atoms with Gasteiger partial charge in [0, 0.05) is 24.7 Å². The minimum absolute atomic E-state index is 0.0227. The predicted molar refractivity (Wildman–Crippen MR) is 85.3 cm³/mol. The predicted octanol–water partition coefficient (Wildman–Crippen LogP) is 2.88. The maximum absolute atomic E-state index is 11.1. The van der Waals surface area contributed by atoms with E-state index in [0.29, 0.717) is 12.8 Å². The van der Waals surface area contributed by atoms with E-state index in [1.807, 2.05) is 30.3 Å². The number of pyridine rings is 1. The van der Waals surface area contributed by atoms with Gasteiger partial charge in [0.2, 0.25) is 5.82 Å². The van der Waals surface area contributed by atoms with Gasteiger partial charge in [-0.1, -0.05) is 30.3 Å². The van der Waals surface area contributed by atoms with E-state index in [1.165, 1.54) is 18.3 Å². The fourth-order valence-electron chi connectivity index (χ4n) is 2.27. The first-order valence-corrected chi connectivity index (χ1v) is 7.18. The van der Waals surface area contributed by atoms with Gasteiger partial charge >= 0.3 is 11.7 Å². The molecule has 0 aliphatic rings. The molecule has 0 fully saturated rings. The SMILES string of the molecule is O=C(O)CCC(Cc1ccccc1)Nc1ncccc1[N+](=O)[O-]. The van der Waals surface area contributed by atoms with Gasteiger partial charge in [0.1, 0.15) is 0 Å². The number of rotatable bonds is 8. The van der Waals surface area contributed by atoms with Gasteiger partial charge in [-0.2, -0.15) is 0 Å². The van der Waals surface area contributed by atoms with Crippen molar-refractivity contribution in [2.75, 3.05) is 5.32 Å². The van der Waals surface area contributed by atoms with Crippen LogP contribution in [-0.2, 0) is 11.2 Å². The molecule has 0 radical (unpaired) electrons. The molecule has 1 unspecified atom stereocenters. The Bertz CT molecular complexity index is 676. The summed E-state index contributed by atoms with van der Waals surface area (Å²) in [7, 11) is 0. The van der Waals surface area contributed by atoms with E-state index >= 15 is 0 Å². The monoisotopic (exact) mass is 315 g/mol. The maximum atomic E-state index is 11.1. The molecule has 1 aromatic heterocycles. The summed E-state index contributed by atoms with van der Waals surface area (Å²) in [5.74, 6) is -0.746. The first-order chi connectivity index (χ1) is 11.1. The lowest BCUT2D eigenvalue weighted by molar-refractivity contribution is -0.384. The largest absolute Gasteiger partial charge is 0.481 e. The van der Waals surface area contributed by atoms with E-state index in [4.69, 9.17) is 5.11 Å². The average Bonchev–Trinajstić information content (AvgIpc) is 2.54. The molecule has 0 amide bonds. The molecule has 0 spiro atoms. The van der Waals surface area contributed by atoms with E-state index in [-0.39, 0.29) is 24.0 Å². The third kappa shape index (κ3) is 5.06. The third-order valence-electron chi connectivity index (χ3n) is 3.36. The lowest BCUT2D eigenvalue weighted by atomic mass is 10.0. The van der Waals surface area contributed by atoms with E-state index in [0.717, 1.165) is 5.56 Å². The number of aromatic nitrogens is 1. The van der Waals surface area contributed by atoms with Crippen LogP contribution in [0.1, 0.15) is 18.4 Å². The van der Waals surface area contributed by atoms with Crippen molar-refractivity contribution < 1.29 is 14.8 Å². The number of carboxylic acid groups (broad SMARTS) is 1. The number of nitrogens with zero attached hydrogens (tertiary/aromatic N) is 2. The molecule has 1 aromatic carbocycles. The molecule has 0 saturated carbocycles. The highest BCUT2D eigenvalue weighted by Crippen LogP contribution is 2.23. The minimum atomic E-state index is -0.902. The molecule has 2 rings (SSSR count). The molecule has 0 aliphatic carbocycles. The van der Waals surface area contributed by atoms with Crippen molar-refractivity contribution in [1.29, 1.82) is 0 Å². The lowest BCUT2D eigenvalue weighted by Gasteiger charge is -2.18. The number of hydrogen-bond acceptors (Lipinski definition) is 5. The van der Waals surface area contributed by atoms with E-state index < -0.39 is 10.9 Å². The summed E-state index contributed by atoms with van der Waals surface area (Å²) >= 11 is 0. The summed E-state index contributed by atoms with van der Waals surface area (Å²) < 4.78 is 0. The molecule has 1 heterocycles.